The molecule has 31 heavy (non-hydrogen) atoms. The Kier molecular flexibility index (Phi) is 7.42. The molecule has 0 fully saturated rings. The van der Waals surface area contributed by atoms with Crippen LogP contribution in [-0.2, 0) is 15.0 Å². The van der Waals surface area contributed by atoms with Gasteiger partial charge in [-0.3, -0.25) is 4.79 Å². The van der Waals surface area contributed by atoms with Crippen molar-refractivity contribution in [2.45, 2.75) is 38.1 Å². The van der Waals surface area contributed by atoms with Crippen LogP contribution >= 0.6 is 0 Å². The van der Waals surface area contributed by atoms with Crippen LogP contribution < -0.4 is 15.0 Å². The summed E-state index contributed by atoms with van der Waals surface area (Å²) in [5.74, 6) is -0.289. The van der Waals surface area contributed by atoms with E-state index in [0.29, 0.717) is 31.5 Å². The van der Waals surface area contributed by atoms with Gasteiger partial charge in [0.05, 0.1) is 0 Å². The highest BCUT2D eigenvalue weighted by Gasteiger charge is 2.33. The minimum atomic E-state index is -3.66. The highest BCUT2D eigenvalue weighted by Crippen LogP contribution is 2.21. The van der Waals surface area contributed by atoms with E-state index in [2.05, 4.69) is 21.1 Å². The number of unbranched alkanes of at least 4 members (excludes halogenated alkanes) is 2. The molecule has 0 aromatic heterocycles. The van der Waals surface area contributed by atoms with Gasteiger partial charge < -0.3 is 5.11 Å². The zero-order chi connectivity index (χ0) is 22.4. The standard InChI is InChI=1S/C22H28N4O4S/c1-26(2)31(29,30)25-19(10-4-3-5-11-21(27)28)22-23-15-20(24-22)18-13-12-16-8-6-7-9-17(16)14-18/h6-9,12-15,19,24-25H,3-5,10-11H2,1-2H3,(H,27,28)/q+1. The van der Waals surface area contributed by atoms with Gasteiger partial charge in [0.25, 0.3) is 10.2 Å². The van der Waals surface area contributed by atoms with Crippen molar-refractivity contribution in [3.63, 3.8) is 0 Å². The first kappa shape index (κ1) is 22.9. The lowest BCUT2D eigenvalue weighted by Gasteiger charge is -2.18. The topological polar surface area (TPSA) is 113 Å². The summed E-state index contributed by atoms with van der Waals surface area (Å²) in [7, 11) is -0.722. The molecule has 0 bridgehead atoms. The number of fused-ring (bicyclic) bond motifs is 1. The number of hydrogen-bond acceptors (Lipinski definition) is 5. The van der Waals surface area contributed by atoms with Gasteiger partial charge in [-0.05, 0) is 40.7 Å². The van der Waals surface area contributed by atoms with Gasteiger partial charge in [0, 0.05) is 26.1 Å². The van der Waals surface area contributed by atoms with Gasteiger partial charge in [-0.1, -0.05) is 43.2 Å². The van der Waals surface area contributed by atoms with Crippen LogP contribution in [0.25, 0.3) is 16.5 Å². The Hall–Kier alpha value is -2.75. The Morgan fingerprint density at radius 3 is 2.58 bits per heavy atom. The van der Waals surface area contributed by atoms with E-state index in [0.717, 1.165) is 26.3 Å². The molecule has 3 rings (SSSR count). The van der Waals surface area contributed by atoms with Crippen molar-refractivity contribution < 1.29 is 18.3 Å². The number of amidine groups is 1. The molecule has 0 saturated carbocycles. The number of aliphatic carboxylic acids is 1. The van der Waals surface area contributed by atoms with E-state index in [1.54, 1.807) is 6.20 Å². The van der Waals surface area contributed by atoms with Crippen molar-refractivity contribution >= 4 is 38.5 Å². The molecule has 3 N–H and O–H groups in total. The molecule has 0 saturated heterocycles. The molecule has 1 unspecified atom stereocenters. The summed E-state index contributed by atoms with van der Waals surface area (Å²) < 4.78 is 28.6. The fourth-order valence-electron chi connectivity index (χ4n) is 3.36. The van der Waals surface area contributed by atoms with Crippen molar-refractivity contribution in [1.29, 1.82) is 0 Å². The van der Waals surface area contributed by atoms with E-state index in [1.807, 2.05) is 36.4 Å². The number of carbonyl (C=O) groups is 1. The van der Waals surface area contributed by atoms with Crippen LogP contribution in [0.2, 0.25) is 0 Å². The maximum Gasteiger partial charge on any atom is 0.315 e. The molecule has 9 heteroatoms. The number of benzene rings is 2. The normalized spacial score (nSPS) is 14.9. The SMILES string of the molecule is CN(C)S(=O)(=O)NC(CCCCCC(=O)O)C1=[N+]C=C(c2ccc3ccccc3c2)N1. The van der Waals surface area contributed by atoms with Gasteiger partial charge in [-0.25, -0.2) is 5.32 Å². The molecule has 0 aliphatic carbocycles. The van der Waals surface area contributed by atoms with Crippen molar-refractivity contribution in [1.82, 2.24) is 19.3 Å². The van der Waals surface area contributed by atoms with E-state index in [9.17, 15) is 13.2 Å². The quantitative estimate of drug-likeness (QED) is 0.460. The second-order valence-corrected chi connectivity index (χ2v) is 9.61. The molecule has 2 aromatic carbocycles. The van der Waals surface area contributed by atoms with E-state index in [-0.39, 0.29) is 6.42 Å². The summed E-state index contributed by atoms with van der Waals surface area (Å²) in [5, 5.41) is 14.3. The Morgan fingerprint density at radius 1 is 1.13 bits per heavy atom. The van der Waals surface area contributed by atoms with Gasteiger partial charge >= 0.3 is 11.8 Å². The van der Waals surface area contributed by atoms with Crippen LogP contribution in [-0.4, -0.2) is 49.8 Å². The van der Waals surface area contributed by atoms with Crippen molar-refractivity contribution in [3.05, 3.63) is 54.2 Å². The van der Waals surface area contributed by atoms with Crippen molar-refractivity contribution in [2.24, 2.45) is 0 Å². The summed E-state index contributed by atoms with van der Waals surface area (Å²) >= 11 is 0. The summed E-state index contributed by atoms with van der Waals surface area (Å²) in [6, 6.07) is 13.7. The Bertz CT molecular complexity index is 1110. The number of rotatable bonds is 11. The lowest BCUT2D eigenvalue weighted by Crippen LogP contribution is -2.49. The lowest BCUT2D eigenvalue weighted by molar-refractivity contribution is -0.137. The first-order valence-electron chi connectivity index (χ1n) is 10.2. The maximum absolute atomic E-state index is 12.4. The van der Waals surface area contributed by atoms with Crippen LogP contribution in [0.3, 0.4) is 0 Å². The van der Waals surface area contributed by atoms with Crippen LogP contribution in [0.4, 0.5) is 0 Å². The molecule has 1 radical (unpaired) electrons. The minimum Gasteiger partial charge on any atom is -0.481 e. The van der Waals surface area contributed by atoms with E-state index in [4.69, 9.17) is 5.11 Å². The first-order chi connectivity index (χ1) is 14.8. The minimum absolute atomic E-state index is 0.112. The molecule has 0 amide bonds. The molecular weight excluding hydrogens is 416 g/mol. The number of nitrogens with zero attached hydrogens (tertiary/aromatic N) is 2. The lowest BCUT2D eigenvalue weighted by atomic mass is 10.0. The van der Waals surface area contributed by atoms with Crippen LogP contribution in [0.5, 0.6) is 0 Å². The van der Waals surface area contributed by atoms with Gasteiger partial charge in [0.2, 0.25) is 0 Å². The van der Waals surface area contributed by atoms with Crippen molar-refractivity contribution in [2.75, 3.05) is 14.1 Å². The van der Waals surface area contributed by atoms with Crippen LogP contribution in [0, 0.1) is 0 Å². The first-order valence-corrected chi connectivity index (χ1v) is 11.7. The summed E-state index contributed by atoms with van der Waals surface area (Å²) in [4.78, 5) is 15.1. The second-order valence-electron chi connectivity index (χ2n) is 7.69. The molecule has 1 atom stereocenters. The summed E-state index contributed by atoms with van der Waals surface area (Å²) in [6.45, 7) is 0. The second kappa shape index (κ2) is 10.0. The Balaban J connectivity index is 1.69. The molecule has 0 spiro atoms. The number of nitrogens with one attached hydrogen (secondary N) is 2. The van der Waals surface area contributed by atoms with Gasteiger partial charge in [-0.2, -0.15) is 17.4 Å². The third-order valence-corrected chi connectivity index (χ3v) is 6.69. The largest absolute Gasteiger partial charge is 0.481 e. The third-order valence-electron chi connectivity index (χ3n) is 5.14. The predicted octanol–water partition coefficient (Wildman–Crippen LogP) is 2.28. The average Bonchev–Trinajstić information content (AvgIpc) is 3.22. The zero-order valence-corrected chi connectivity index (χ0v) is 18.5. The number of carboxylic acid groups (broad SMARTS) is 1. The van der Waals surface area contributed by atoms with Gasteiger partial charge in [0.1, 0.15) is 6.04 Å². The van der Waals surface area contributed by atoms with Gasteiger partial charge in [-0.15, -0.1) is 0 Å². The monoisotopic (exact) mass is 444 g/mol. The average molecular weight is 445 g/mol. The molecule has 8 nitrogen and oxygen atoms in total. The zero-order valence-electron chi connectivity index (χ0n) is 17.7. The Labute approximate surface area is 182 Å². The highest BCUT2D eigenvalue weighted by molar-refractivity contribution is 7.87. The fourth-order valence-corrected chi connectivity index (χ4v) is 4.16. The van der Waals surface area contributed by atoms with Crippen LogP contribution in [0.15, 0.2) is 48.7 Å². The number of aliphatic imine (C=N–C) groups is 1. The summed E-state index contributed by atoms with van der Waals surface area (Å²) in [5.41, 5.74) is 1.77. The highest BCUT2D eigenvalue weighted by atomic mass is 32.2. The molecule has 165 valence electrons. The number of hydrogen-bond donors (Lipinski definition) is 3. The third kappa shape index (κ3) is 6.13. The van der Waals surface area contributed by atoms with E-state index >= 15 is 0 Å². The van der Waals surface area contributed by atoms with Crippen LogP contribution in [0.1, 0.15) is 37.7 Å². The maximum atomic E-state index is 12.4. The van der Waals surface area contributed by atoms with E-state index < -0.39 is 22.2 Å². The molecule has 1 aliphatic rings. The van der Waals surface area contributed by atoms with E-state index in [1.165, 1.54) is 14.1 Å². The summed E-state index contributed by atoms with van der Waals surface area (Å²) in [6.07, 6.45) is 4.27. The molecule has 1 aliphatic heterocycles. The predicted molar refractivity (Wildman–Crippen MR) is 122 cm³/mol. The van der Waals surface area contributed by atoms with Gasteiger partial charge in [0.15, 0.2) is 11.9 Å². The smallest absolute Gasteiger partial charge is 0.315 e. The molecular formula is C22H28N4O4S+. The number of carboxylic acids is 1. The Morgan fingerprint density at radius 2 is 1.87 bits per heavy atom. The molecule has 2 aromatic rings. The fraction of sp³-hybridized carbons (Fsp3) is 0.364. The van der Waals surface area contributed by atoms with Crippen molar-refractivity contribution in [3.8, 4) is 0 Å². The molecule has 1 heterocycles.